The predicted molar refractivity (Wildman–Crippen MR) is 61.2 cm³/mol. The third kappa shape index (κ3) is 4.32. The maximum absolute atomic E-state index is 5.65. The van der Waals surface area contributed by atoms with Gasteiger partial charge in [-0.15, -0.1) is 0 Å². The van der Waals surface area contributed by atoms with Crippen LogP contribution in [0, 0.1) is 0 Å². The van der Waals surface area contributed by atoms with Crippen molar-refractivity contribution >= 4 is 0 Å². The van der Waals surface area contributed by atoms with Gasteiger partial charge in [-0.25, -0.2) is 0 Å². The van der Waals surface area contributed by atoms with Crippen molar-refractivity contribution in [2.24, 2.45) is 0 Å². The standard InChI is InChI=1S/C12H19NO2/c1-10(8-13-2)15-9-11-5-4-6-12(7-11)14-3/h4-7,10,13H,8-9H2,1-3H3. The highest BCUT2D eigenvalue weighted by molar-refractivity contribution is 5.27. The lowest BCUT2D eigenvalue weighted by atomic mass is 10.2. The van der Waals surface area contributed by atoms with Crippen LogP contribution < -0.4 is 10.1 Å². The second kappa shape index (κ2) is 6.43. The van der Waals surface area contributed by atoms with Crippen LogP contribution in [0.4, 0.5) is 0 Å². The third-order valence-electron chi connectivity index (χ3n) is 2.16. The van der Waals surface area contributed by atoms with Crippen LogP contribution >= 0.6 is 0 Å². The molecule has 84 valence electrons. The molecule has 1 unspecified atom stereocenters. The number of benzene rings is 1. The molecule has 0 aliphatic carbocycles. The van der Waals surface area contributed by atoms with Crippen LogP contribution in [-0.2, 0) is 11.3 Å². The normalized spacial score (nSPS) is 12.5. The maximum atomic E-state index is 5.65. The van der Waals surface area contributed by atoms with Gasteiger partial charge in [0.1, 0.15) is 5.75 Å². The molecular weight excluding hydrogens is 190 g/mol. The van der Waals surface area contributed by atoms with Crippen molar-refractivity contribution in [1.82, 2.24) is 5.32 Å². The van der Waals surface area contributed by atoms with Gasteiger partial charge in [-0.3, -0.25) is 0 Å². The quantitative estimate of drug-likeness (QED) is 0.775. The number of nitrogens with one attached hydrogen (secondary N) is 1. The van der Waals surface area contributed by atoms with Gasteiger partial charge in [0.2, 0.25) is 0 Å². The summed E-state index contributed by atoms with van der Waals surface area (Å²) in [4.78, 5) is 0. The Morgan fingerprint density at radius 3 is 2.87 bits per heavy atom. The van der Waals surface area contributed by atoms with Crippen molar-refractivity contribution < 1.29 is 9.47 Å². The van der Waals surface area contributed by atoms with Crippen LogP contribution in [0.15, 0.2) is 24.3 Å². The van der Waals surface area contributed by atoms with Crippen molar-refractivity contribution in [3.05, 3.63) is 29.8 Å². The zero-order chi connectivity index (χ0) is 11.1. The van der Waals surface area contributed by atoms with Gasteiger partial charge in [0, 0.05) is 6.54 Å². The van der Waals surface area contributed by atoms with Crippen LogP contribution in [0.1, 0.15) is 12.5 Å². The van der Waals surface area contributed by atoms with Crippen molar-refractivity contribution in [3.63, 3.8) is 0 Å². The van der Waals surface area contributed by atoms with Gasteiger partial charge in [-0.1, -0.05) is 12.1 Å². The van der Waals surface area contributed by atoms with E-state index in [0.717, 1.165) is 17.9 Å². The highest BCUT2D eigenvalue weighted by Gasteiger charge is 2.01. The Bertz CT molecular complexity index is 289. The van der Waals surface area contributed by atoms with Crippen molar-refractivity contribution in [1.29, 1.82) is 0 Å². The van der Waals surface area contributed by atoms with Gasteiger partial charge >= 0.3 is 0 Å². The SMILES string of the molecule is CNCC(C)OCc1cccc(OC)c1. The minimum atomic E-state index is 0.223. The van der Waals surface area contributed by atoms with E-state index in [0.29, 0.717) is 6.61 Å². The Balaban J connectivity index is 2.43. The fraction of sp³-hybridized carbons (Fsp3) is 0.500. The van der Waals surface area contributed by atoms with Gasteiger partial charge in [0.05, 0.1) is 19.8 Å². The summed E-state index contributed by atoms with van der Waals surface area (Å²) in [5, 5.41) is 3.08. The summed E-state index contributed by atoms with van der Waals surface area (Å²) in [5.41, 5.74) is 1.14. The first-order chi connectivity index (χ1) is 7.26. The fourth-order valence-electron chi connectivity index (χ4n) is 1.35. The average molecular weight is 209 g/mol. The molecule has 0 radical (unpaired) electrons. The summed E-state index contributed by atoms with van der Waals surface area (Å²) < 4.78 is 10.8. The molecule has 1 N–H and O–H groups in total. The second-order valence-corrected chi connectivity index (χ2v) is 3.53. The van der Waals surface area contributed by atoms with E-state index in [4.69, 9.17) is 9.47 Å². The number of methoxy groups -OCH3 is 1. The molecule has 3 heteroatoms. The number of rotatable bonds is 6. The summed E-state index contributed by atoms with van der Waals surface area (Å²) >= 11 is 0. The molecule has 0 heterocycles. The highest BCUT2D eigenvalue weighted by Crippen LogP contribution is 2.13. The smallest absolute Gasteiger partial charge is 0.119 e. The van der Waals surface area contributed by atoms with E-state index in [1.54, 1.807) is 7.11 Å². The Hall–Kier alpha value is -1.06. The van der Waals surface area contributed by atoms with E-state index in [-0.39, 0.29) is 6.10 Å². The van der Waals surface area contributed by atoms with Crippen molar-refractivity contribution in [2.75, 3.05) is 20.7 Å². The van der Waals surface area contributed by atoms with E-state index in [9.17, 15) is 0 Å². The summed E-state index contributed by atoms with van der Waals surface area (Å²) in [6.45, 7) is 3.54. The molecule has 3 nitrogen and oxygen atoms in total. The lowest BCUT2D eigenvalue weighted by Crippen LogP contribution is -2.23. The lowest BCUT2D eigenvalue weighted by Gasteiger charge is -2.12. The Labute approximate surface area is 91.4 Å². The third-order valence-corrected chi connectivity index (χ3v) is 2.16. The van der Waals surface area contributed by atoms with Crippen LogP contribution in [-0.4, -0.2) is 26.8 Å². The largest absolute Gasteiger partial charge is 0.497 e. The predicted octanol–water partition coefficient (Wildman–Crippen LogP) is 1.82. The minimum Gasteiger partial charge on any atom is -0.497 e. The first-order valence-electron chi connectivity index (χ1n) is 5.15. The van der Waals surface area contributed by atoms with Crippen LogP contribution in [0.3, 0.4) is 0 Å². The van der Waals surface area contributed by atoms with E-state index in [1.165, 1.54) is 0 Å². The van der Waals surface area contributed by atoms with Gasteiger partial charge in [0.15, 0.2) is 0 Å². The Morgan fingerprint density at radius 2 is 2.20 bits per heavy atom. The minimum absolute atomic E-state index is 0.223. The first-order valence-corrected chi connectivity index (χ1v) is 5.15. The number of ether oxygens (including phenoxy) is 2. The molecule has 0 aliphatic rings. The lowest BCUT2D eigenvalue weighted by molar-refractivity contribution is 0.0544. The van der Waals surface area contributed by atoms with E-state index in [2.05, 4.69) is 12.2 Å². The molecular formula is C12H19NO2. The molecule has 1 aromatic carbocycles. The van der Waals surface area contributed by atoms with E-state index < -0.39 is 0 Å². The van der Waals surface area contributed by atoms with E-state index in [1.807, 2.05) is 31.3 Å². The molecule has 1 rings (SSSR count). The Kier molecular flexibility index (Phi) is 5.15. The monoisotopic (exact) mass is 209 g/mol. The zero-order valence-electron chi connectivity index (χ0n) is 9.62. The molecule has 0 aliphatic heterocycles. The molecule has 15 heavy (non-hydrogen) atoms. The Morgan fingerprint density at radius 1 is 1.40 bits per heavy atom. The summed E-state index contributed by atoms with van der Waals surface area (Å²) in [7, 11) is 3.59. The number of hydrogen-bond acceptors (Lipinski definition) is 3. The van der Waals surface area contributed by atoms with Crippen molar-refractivity contribution in [3.8, 4) is 5.75 Å². The van der Waals surface area contributed by atoms with Gasteiger partial charge in [-0.05, 0) is 31.7 Å². The summed E-state index contributed by atoms with van der Waals surface area (Å²) in [6.07, 6.45) is 0.223. The van der Waals surface area contributed by atoms with Gasteiger partial charge < -0.3 is 14.8 Å². The molecule has 1 aromatic rings. The maximum Gasteiger partial charge on any atom is 0.119 e. The average Bonchev–Trinajstić information content (AvgIpc) is 2.27. The molecule has 0 saturated carbocycles. The number of hydrogen-bond donors (Lipinski definition) is 1. The first kappa shape index (κ1) is 12.0. The van der Waals surface area contributed by atoms with Crippen LogP contribution in [0.2, 0.25) is 0 Å². The topological polar surface area (TPSA) is 30.5 Å². The molecule has 0 bridgehead atoms. The molecule has 0 spiro atoms. The molecule has 0 aromatic heterocycles. The fourth-order valence-corrected chi connectivity index (χ4v) is 1.35. The van der Waals surface area contributed by atoms with Gasteiger partial charge in [-0.2, -0.15) is 0 Å². The van der Waals surface area contributed by atoms with Crippen molar-refractivity contribution in [2.45, 2.75) is 19.6 Å². The number of likely N-dealkylation sites (N-methyl/N-ethyl adjacent to an activating group) is 1. The molecule has 0 amide bonds. The van der Waals surface area contributed by atoms with Crippen LogP contribution in [0.25, 0.3) is 0 Å². The molecule has 0 fully saturated rings. The van der Waals surface area contributed by atoms with Gasteiger partial charge in [0.25, 0.3) is 0 Å². The highest BCUT2D eigenvalue weighted by atomic mass is 16.5. The second-order valence-electron chi connectivity index (χ2n) is 3.53. The summed E-state index contributed by atoms with van der Waals surface area (Å²) in [6, 6.07) is 7.93. The van der Waals surface area contributed by atoms with Crippen LogP contribution in [0.5, 0.6) is 5.75 Å². The van der Waals surface area contributed by atoms with E-state index >= 15 is 0 Å². The zero-order valence-corrected chi connectivity index (χ0v) is 9.62. The summed E-state index contributed by atoms with van der Waals surface area (Å²) in [5.74, 6) is 0.873. The molecule has 0 saturated heterocycles. The molecule has 1 atom stereocenters.